The second-order valence-corrected chi connectivity index (χ2v) is 5.90. The Labute approximate surface area is 143 Å². The number of carbonyl (C=O) groups is 1. The van der Waals surface area contributed by atoms with E-state index in [0.29, 0.717) is 6.42 Å². The van der Waals surface area contributed by atoms with Gasteiger partial charge < -0.3 is 10.6 Å². The van der Waals surface area contributed by atoms with Crippen molar-refractivity contribution < 1.29 is 4.79 Å². The van der Waals surface area contributed by atoms with Crippen molar-refractivity contribution in [2.75, 3.05) is 0 Å². The molecule has 0 aliphatic rings. The molecule has 0 heterocycles. The van der Waals surface area contributed by atoms with E-state index in [4.69, 9.17) is 17.0 Å². The van der Waals surface area contributed by atoms with Gasteiger partial charge in [0, 0.05) is 18.2 Å². The molecule has 0 bridgehead atoms. The van der Waals surface area contributed by atoms with E-state index in [0.717, 1.165) is 12.0 Å². The second-order valence-electron chi connectivity index (χ2n) is 5.52. The van der Waals surface area contributed by atoms with Crippen molar-refractivity contribution in [3.05, 3.63) is 35.9 Å². The first kappa shape index (κ1) is 19.2. The number of nitrogens with zero attached hydrogens (tertiary/aromatic N) is 1. The lowest BCUT2D eigenvalue weighted by Gasteiger charge is -2.27. The van der Waals surface area contributed by atoms with E-state index in [1.807, 2.05) is 51.1 Å². The Morgan fingerprint density at radius 3 is 2.52 bits per heavy atom. The maximum absolute atomic E-state index is 12.3. The van der Waals surface area contributed by atoms with Gasteiger partial charge in [0.15, 0.2) is 5.29 Å². The lowest BCUT2D eigenvalue weighted by atomic mass is 10.00. The van der Waals surface area contributed by atoms with Gasteiger partial charge in [0.1, 0.15) is 6.17 Å². The molecule has 0 aromatic heterocycles. The van der Waals surface area contributed by atoms with Crippen molar-refractivity contribution in [3.8, 4) is 0 Å². The predicted molar refractivity (Wildman–Crippen MR) is 96.2 cm³/mol. The maximum atomic E-state index is 12.3. The summed E-state index contributed by atoms with van der Waals surface area (Å²) in [5, 5.41) is 13.0. The molecular weight excluding hydrogens is 312 g/mol. The van der Waals surface area contributed by atoms with Crippen LogP contribution < -0.4 is 10.6 Å². The minimum atomic E-state index is -0.357. The average Bonchev–Trinajstić information content (AvgIpc) is 2.51. The molecule has 0 spiro atoms. The summed E-state index contributed by atoms with van der Waals surface area (Å²) < 4.78 is 0. The molecule has 3 N–H and O–H groups in total. The highest BCUT2D eigenvalue weighted by molar-refractivity contribution is 6.63. The molecule has 5 nitrogen and oxygen atoms in total. The zero-order valence-corrected chi connectivity index (χ0v) is 14.6. The summed E-state index contributed by atoms with van der Waals surface area (Å²) in [6.45, 7) is 5.88. The fraction of sp³-hybridized carbons (Fsp3) is 0.471. The van der Waals surface area contributed by atoms with Crippen molar-refractivity contribution in [2.24, 2.45) is 10.9 Å². The molecule has 1 rings (SSSR count). The summed E-state index contributed by atoms with van der Waals surface area (Å²) in [6.07, 6.45) is 2.55. The minimum absolute atomic E-state index is 0.0170. The molecule has 0 aliphatic carbocycles. The largest absolute Gasteiger partial charge is 0.358 e. The fourth-order valence-electron chi connectivity index (χ4n) is 2.13. The Bertz CT molecular complexity index is 533. The summed E-state index contributed by atoms with van der Waals surface area (Å²) in [5.74, 6) is -0.0916. The number of carbonyl (C=O) groups excluding carboxylic acids is 1. The maximum Gasteiger partial charge on any atom is 0.226 e. The van der Waals surface area contributed by atoms with E-state index in [1.54, 1.807) is 6.21 Å². The highest BCUT2D eigenvalue weighted by atomic mass is 35.5. The summed E-state index contributed by atoms with van der Waals surface area (Å²) in [7, 11) is 0. The molecule has 0 aliphatic heterocycles. The van der Waals surface area contributed by atoms with Crippen LogP contribution in [0.15, 0.2) is 35.3 Å². The molecule has 3 atom stereocenters. The van der Waals surface area contributed by atoms with Gasteiger partial charge in [-0.15, -0.1) is 0 Å². The highest BCUT2D eigenvalue weighted by Crippen LogP contribution is 2.11. The van der Waals surface area contributed by atoms with Gasteiger partial charge >= 0.3 is 0 Å². The SMILES string of the molecule is CC/C=N\C(NC(=O)Cc1ccccc1)C(C)[C@@H](C)NC(=N)Cl. The molecule has 23 heavy (non-hydrogen) atoms. The fourth-order valence-corrected chi connectivity index (χ4v) is 2.30. The first-order valence-electron chi connectivity index (χ1n) is 7.79. The summed E-state index contributed by atoms with van der Waals surface area (Å²) >= 11 is 5.59. The molecular formula is C17H25ClN4O. The predicted octanol–water partition coefficient (Wildman–Crippen LogP) is 2.94. The van der Waals surface area contributed by atoms with E-state index in [9.17, 15) is 4.79 Å². The van der Waals surface area contributed by atoms with Gasteiger partial charge in [-0.1, -0.05) is 44.2 Å². The topological polar surface area (TPSA) is 77.3 Å². The lowest BCUT2D eigenvalue weighted by Crippen LogP contribution is -2.47. The number of amides is 1. The number of benzene rings is 1. The summed E-state index contributed by atoms with van der Waals surface area (Å²) in [6, 6.07) is 9.51. The third kappa shape index (κ3) is 7.28. The van der Waals surface area contributed by atoms with Crippen LogP contribution in [0.2, 0.25) is 0 Å². The van der Waals surface area contributed by atoms with Crippen LogP contribution in [0, 0.1) is 11.3 Å². The molecule has 6 heteroatoms. The Balaban J connectivity index is 2.71. The van der Waals surface area contributed by atoms with E-state index in [1.165, 1.54) is 0 Å². The van der Waals surface area contributed by atoms with Crippen LogP contribution in [0.1, 0.15) is 32.8 Å². The average molecular weight is 337 g/mol. The zero-order valence-electron chi connectivity index (χ0n) is 13.8. The van der Waals surface area contributed by atoms with Gasteiger partial charge in [-0.2, -0.15) is 0 Å². The van der Waals surface area contributed by atoms with Crippen molar-refractivity contribution in [1.82, 2.24) is 10.6 Å². The van der Waals surface area contributed by atoms with E-state index in [2.05, 4.69) is 15.6 Å². The normalized spacial score (nSPS) is 15.0. The van der Waals surface area contributed by atoms with Crippen molar-refractivity contribution >= 4 is 29.0 Å². The molecule has 1 amide bonds. The standard InChI is InChI=1S/C17H25ClN4O/c1-4-10-20-16(12(2)13(3)21-17(18)19)22-15(23)11-14-8-6-5-7-9-14/h5-10,12-13,16H,4,11H2,1-3H3,(H2,19,21)(H,22,23)/b20-10-/t12?,13-,16?/m1/s1. The molecule has 0 fully saturated rings. The van der Waals surface area contributed by atoms with Crippen LogP contribution in [0.25, 0.3) is 0 Å². The highest BCUT2D eigenvalue weighted by Gasteiger charge is 2.24. The third-order valence-electron chi connectivity index (χ3n) is 3.61. The molecule has 0 saturated heterocycles. The van der Waals surface area contributed by atoms with Crippen LogP contribution in [-0.2, 0) is 11.2 Å². The smallest absolute Gasteiger partial charge is 0.226 e. The van der Waals surface area contributed by atoms with Crippen molar-refractivity contribution in [1.29, 1.82) is 5.41 Å². The van der Waals surface area contributed by atoms with Crippen LogP contribution >= 0.6 is 11.6 Å². The van der Waals surface area contributed by atoms with Crippen molar-refractivity contribution in [2.45, 2.75) is 45.8 Å². The van der Waals surface area contributed by atoms with E-state index in [-0.39, 0.29) is 29.3 Å². The molecule has 0 saturated carbocycles. The Morgan fingerprint density at radius 1 is 1.30 bits per heavy atom. The molecule has 0 radical (unpaired) electrons. The van der Waals surface area contributed by atoms with Crippen molar-refractivity contribution in [3.63, 3.8) is 0 Å². The van der Waals surface area contributed by atoms with Gasteiger partial charge in [-0.05, 0) is 30.5 Å². The van der Waals surface area contributed by atoms with Crippen LogP contribution in [0.4, 0.5) is 0 Å². The minimum Gasteiger partial charge on any atom is -0.358 e. The number of nitrogens with one attached hydrogen (secondary N) is 3. The quantitative estimate of drug-likeness (QED) is 0.388. The number of aliphatic imine (C=N–C) groups is 1. The number of rotatable bonds is 8. The first-order valence-corrected chi connectivity index (χ1v) is 8.17. The summed E-state index contributed by atoms with van der Waals surface area (Å²) in [5.41, 5.74) is 0.963. The second kappa shape index (κ2) is 10.0. The molecule has 126 valence electrons. The van der Waals surface area contributed by atoms with Crippen LogP contribution in [-0.4, -0.2) is 29.6 Å². The zero-order chi connectivity index (χ0) is 17.2. The number of hydrogen-bond donors (Lipinski definition) is 3. The molecule has 1 aromatic carbocycles. The number of hydrogen-bond acceptors (Lipinski definition) is 3. The monoisotopic (exact) mass is 336 g/mol. The van der Waals surface area contributed by atoms with Gasteiger partial charge in [-0.25, -0.2) is 0 Å². The van der Waals surface area contributed by atoms with Gasteiger partial charge in [-0.3, -0.25) is 15.2 Å². The third-order valence-corrected chi connectivity index (χ3v) is 3.72. The number of halogens is 1. The first-order chi connectivity index (χ1) is 10.9. The van der Waals surface area contributed by atoms with E-state index < -0.39 is 0 Å². The van der Waals surface area contributed by atoms with Gasteiger partial charge in [0.25, 0.3) is 0 Å². The molecule has 1 aromatic rings. The van der Waals surface area contributed by atoms with Crippen LogP contribution in [0.3, 0.4) is 0 Å². The van der Waals surface area contributed by atoms with E-state index >= 15 is 0 Å². The molecule has 2 unspecified atom stereocenters. The Hall–Kier alpha value is -1.88. The van der Waals surface area contributed by atoms with Crippen LogP contribution in [0.5, 0.6) is 0 Å². The Kier molecular flexibility index (Phi) is 8.33. The Morgan fingerprint density at radius 2 is 1.96 bits per heavy atom. The van der Waals surface area contributed by atoms with Gasteiger partial charge in [0.2, 0.25) is 5.91 Å². The summed E-state index contributed by atoms with van der Waals surface area (Å²) in [4.78, 5) is 16.7. The lowest BCUT2D eigenvalue weighted by molar-refractivity contribution is -0.121. The number of amidine groups is 1. The van der Waals surface area contributed by atoms with Gasteiger partial charge in [0.05, 0.1) is 6.42 Å².